The monoisotopic (exact) mass is 808 g/mol. The van der Waals surface area contributed by atoms with Crippen molar-refractivity contribution in [2.45, 2.75) is 0 Å². The van der Waals surface area contributed by atoms with Gasteiger partial charge in [-0.3, -0.25) is 0 Å². The summed E-state index contributed by atoms with van der Waals surface area (Å²) in [6, 6.07) is 77.3. The van der Waals surface area contributed by atoms with E-state index >= 15 is 0 Å². The zero-order valence-electron chi connectivity index (χ0n) is 33.5. The Labute approximate surface area is 362 Å². The van der Waals surface area contributed by atoms with E-state index in [4.69, 9.17) is 15.0 Å². The molecule has 9 aromatic carbocycles. The van der Waals surface area contributed by atoms with E-state index in [1.807, 2.05) is 23.5 Å². The van der Waals surface area contributed by atoms with Crippen molar-refractivity contribution in [3.8, 4) is 73.2 Å². The highest BCUT2D eigenvalue weighted by atomic mass is 32.1. The fraction of sp³-hybridized carbons (Fsp3) is 0. The molecule has 0 aliphatic carbocycles. The van der Waals surface area contributed by atoms with Crippen molar-refractivity contribution < 1.29 is 0 Å². The maximum absolute atomic E-state index is 5.31. The minimum absolute atomic E-state index is 0.632. The fourth-order valence-corrected chi connectivity index (χ4v) is 10.2. The highest BCUT2D eigenvalue weighted by Gasteiger charge is 2.21. The third-order valence-corrected chi connectivity index (χ3v) is 13.1. The number of aromatic nitrogens is 4. The van der Waals surface area contributed by atoms with E-state index in [9.17, 15) is 0 Å². The van der Waals surface area contributed by atoms with Crippen molar-refractivity contribution >= 4 is 53.3 Å². The Morgan fingerprint density at radius 2 is 0.758 bits per heavy atom. The molecule has 0 bridgehead atoms. The Morgan fingerprint density at radius 1 is 0.306 bits per heavy atom. The van der Waals surface area contributed by atoms with Crippen LogP contribution in [0.25, 0.3) is 115 Å². The zero-order chi connectivity index (χ0) is 41.0. The van der Waals surface area contributed by atoms with Gasteiger partial charge in [-0.2, -0.15) is 0 Å². The lowest BCUT2D eigenvalue weighted by Gasteiger charge is -2.11. The predicted octanol–water partition coefficient (Wildman–Crippen LogP) is 15.3. The largest absolute Gasteiger partial charge is 0.308 e. The number of fused-ring (bicyclic) bond motifs is 7. The van der Waals surface area contributed by atoms with Gasteiger partial charge < -0.3 is 4.57 Å². The number of hydrogen-bond acceptors (Lipinski definition) is 4. The highest BCUT2D eigenvalue weighted by molar-refractivity contribution is 7.27. The summed E-state index contributed by atoms with van der Waals surface area (Å²) in [6.45, 7) is 0. The Morgan fingerprint density at radius 3 is 1.39 bits per heavy atom. The maximum Gasteiger partial charge on any atom is 0.165 e. The minimum atomic E-state index is 0.632. The van der Waals surface area contributed by atoms with Crippen molar-refractivity contribution in [1.82, 2.24) is 19.5 Å². The number of thiophene rings is 1. The number of nitrogens with zero attached hydrogens (tertiary/aromatic N) is 4. The first-order valence-electron chi connectivity index (χ1n) is 20.8. The van der Waals surface area contributed by atoms with E-state index in [1.165, 1.54) is 48.4 Å². The molecule has 0 radical (unpaired) electrons. The van der Waals surface area contributed by atoms with Gasteiger partial charge in [0.25, 0.3) is 0 Å². The lowest BCUT2D eigenvalue weighted by Crippen LogP contribution is -2.00. The van der Waals surface area contributed by atoms with Gasteiger partial charge in [0.05, 0.1) is 15.7 Å². The van der Waals surface area contributed by atoms with E-state index in [2.05, 4.69) is 211 Å². The van der Waals surface area contributed by atoms with Crippen LogP contribution in [0.4, 0.5) is 0 Å². The van der Waals surface area contributed by atoms with Gasteiger partial charge in [0, 0.05) is 48.6 Å². The van der Waals surface area contributed by atoms with E-state index in [-0.39, 0.29) is 0 Å². The lowest BCUT2D eigenvalue weighted by molar-refractivity contribution is 1.08. The lowest BCUT2D eigenvalue weighted by atomic mass is 10.0. The molecule has 0 unspecified atom stereocenters. The number of rotatable bonds is 7. The van der Waals surface area contributed by atoms with Gasteiger partial charge in [-0.25, -0.2) is 15.0 Å². The fourth-order valence-electron chi connectivity index (χ4n) is 8.87. The molecule has 0 aliphatic heterocycles. The topological polar surface area (TPSA) is 43.6 Å². The molecule has 12 rings (SSSR count). The van der Waals surface area contributed by atoms with Gasteiger partial charge in [0.2, 0.25) is 0 Å². The van der Waals surface area contributed by atoms with Crippen LogP contribution in [0, 0.1) is 0 Å². The first-order chi connectivity index (χ1) is 30.7. The molecule has 12 aromatic rings. The van der Waals surface area contributed by atoms with Gasteiger partial charge >= 0.3 is 0 Å². The molecule has 0 spiro atoms. The molecule has 0 atom stereocenters. The summed E-state index contributed by atoms with van der Waals surface area (Å²) in [7, 11) is 0. The number of benzene rings is 9. The SMILES string of the molecule is c1ccc(-c2ccc(-n3c4ccccc4c4ccc5c6cccc(-c7nc(-c8cccc(-c9ccccc9)c8)nc(-c8cccc(-c9ccccc9)c8)n7)c6sc5c43)cc2)cc1. The molecule has 0 aliphatic rings. The van der Waals surface area contributed by atoms with Crippen molar-refractivity contribution in [3.05, 3.63) is 218 Å². The average molecular weight is 809 g/mol. The van der Waals surface area contributed by atoms with Crippen LogP contribution in [0.2, 0.25) is 0 Å². The predicted molar refractivity (Wildman–Crippen MR) is 260 cm³/mol. The third-order valence-electron chi connectivity index (χ3n) is 11.9. The van der Waals surface area contributed by atoms with E-state index < -0.39 is 0 Å². The van der Waals surface area contributed by atoms with Crippen LogP contribution in [0.3, 0.4) is 0 Å². The van der Waals surface area contributed by atoms with Crippen LogP contribution in [-0.4, -0.2) is 19.5 Å². The standard InChI is InChI=1S/C57H36N4S/c1-4-15-37(16-5-1)40-29-31-45(32-30-40)61-51-28-11-10-25-46(51)47-33-34-49-48-26-14-27-50(53(48)62-54(49)52(47)61)57-59-55(43-23-12-21-41(35-43)38-17-6-2-7-18-38)58-56(60-57)44-24-13-22-42(36-44)39-19-8-3-9-20-39/h1-36H. The Kier molecular flexibility index (Phi) is 8.65. The summed E-state index contributed by atoms with van der Waals surface area (Å²) in [5, 5.41) is 4.86. The second-order valence-corrected chi connectivity index (χ2v) is 16.6. The van der Waals surface area contributed by atoms with Crippen LogP contribution in [0.5, 0.6) is 0 Å². The summed E-state index contributed by atoms with van der Waals surface area (Å²) in [6.07, 6.45) is 0. The normalized spacial score (nSPS) is 11.5. The average Bonchev–Trinajstić information content (AvgIpc) is 3.91. The van der Waals surface area contributed by atoms with Crippen LogP contribution in [0.15, 0.2) is 218 Å². The molecule has 3 heterocycles. The molecule has 0 saturated carbocycles. The summed E-state index contributed by atoms with van der Waals surface area (Å²) in [4.78, 5) is 15.8. The molecule has 5 heteroatoms. The summed E-state index contributed by atoms with van der Waals surface area (Å²) in [5.74, 6) is 1.91. The second-order valence-electron chi connectivity index (χ2n) is 15.6. The van der Waals surface area contributed by atoms with Gasteiger partial charge in [-0.15, -0.1) is 11.3 Å². The smallest absolute Gasteiger partial charge is 0.165 e. The molecule has 62 heavy (non-hydrogen) atoms. The first kappa shape index (κ1) is 35.9. The van der Waals surface area contributed by atoms with Crippen LogP contribution in [-0.2, 0) is 0 Å². The van der Waals surface area contributed by atoms with Crippen LogP contribution >= 0.6 is 11.3 Å². The molecule has 3 aromatic heterocycles. The summed E-state index contributed by atoms with van der Waals surface area (Å²) in [5.41, 5.74) is 13.3. The minimum Gasteiger partial charge on any atom is -0.308 e. The van der Waals surface area contributed by atoms with Crippen LogP contribution in [0.1, 0.15) is 0 Å². The van der Waals surface area contributed by atoms with Crippen molar-refractivity contribution in [2.75, 3.05) is 0 Å². The summed E-state index contributed by atoms with van der Waals surface area (Å²) < 4.78 is 4.81. The summed E-state index contributed by atoms with van der Waals surface area (Å²) >= 11 is 1.82. The van der Waals surface area contributed by atoms with E-state index in [0.29, 0.717) is 17.5 Å². The Bertz CT molecular complexity index is 3510. The number of para-hydroxylation sites is 1. The van der Waals surface area contributed by atoms with Gasteiger partial charge in [-0.1, -0.05) is 182 Å². The zero-order valence-corrected chi connectivity index (χ0v) is 34.3. The van der Waals surface area contributed by atoms with E-state index in [0.717, 1.165) is 49.3 Å². The molecule has 290 valence electrons. The van der Waals surface area contributed by atoms with Gasteiger partial charge in [0.1, 0.15) is 0 Å². The van der Waals surface area contributed by atoms with Gasteiger partial charge in [0.15, 0.2) is 17.5 Å². The first-order valence-corrected chi connectivity index (χ1v) is 21.7. The Balaban J connectivity index is 1.07. The molecule has 0 N–H and O–H groups in total. The third kappa shape index (κ3) is 6.18. The maximum atomic E-state index is 5.31. The van der Waals surface area contributed by atoms with Crippen molar-refractivity contribution in [2.24, 2.45) is 0 Å². The molecule has 0 fully saturated rings. The second kappa shape index (κ2) is 14.9. The highest BCUT2D eigenvalue weighted by Crippen LogP contribution is 2.46. The molecular formula is C57H36N4S. The van der Waals surface area contributed by atoms with Crippen molar-refractivity contribution in [1.29, 1.82) is 0 Å². The number of hydrogen-bond donors (Lipinski definition) is 0. The van der Waals surface area contributed by atoms with Crippen molar-refractivity contribution in [3.63, 3.8) is 0 Å². The quantitative estimate of drug-likeness (QED) is 0.161. The molecule has 4 nitrogen and oxygen atoms in total. The van der Waals surface area contributed by atoms with Gasteiger partial charge in [-0.05, 0) is 69.8 Å². The molecule has 0 saturated heterocycles. The van der Waals surface area contributed by atoms with Crippen LogP contribution < -0.4 is 0 Å². The molecular weight excluding hydrogens is 773 g/mol. The van der Waals surface area contributed by atoms with E-state index in [1.54, 1.807) is 0 Å². The Hall–Kier alpha value is -7.99. The molecule has 0 amide bonds.